The number of fused-ring (bicyclic) bond motifs is 2. The lowest BCUT2D eigenvalue weighted by Gasteiger charge is -2.20. The SMILES string of the molecule is COc1ccc2ccc(O[C@H](C)C(=O)Nc3ccc4c(c3)OCCO4)cc2c1. The quantitative estimate of drug-likeness (QED) is 0.725. The van der Waals surface area contributed by atoms with Gasteiger partial charge in [-0.2, -0.15) is 0 Å². The predicted octanol–water partition coefficient (Wildman–Crippen LogP) is 4.03. The predicted molar refractivity (Wildman–Crippen MR) is 107 cm³/mol. The second-order valence-corrected chi connectivity index (χ2v) is 6.48. The third-order valence-electron chi connectivity index (χ3n) is 4.51. The van der Waals surface area contributed by atoms with Gasteiger partial charge in [-0.05, 0) is 54.1 Å². The third kappa shape index (κ3) is 3.81. The van der Waals surface area contributed by atoms with Crippen LogP contribution in [0.3, 0.4) is 0 Å². The molecule has 1 aliphatic rings. The lowest BCUT2D eigenvalue weighted by atomic mass is 10.1. The number of rotatable bonds is 5. The molecule has 0 fully saturated rings. The van der Waals surface area contributed by atoms with Crippen LogP contribution in [0.2, 0.25) is 0 Å². The Labute approximate surface area is 163 Å². The van der Waals surface area contributed by atoms with Crippen molar-refractivity contribution in [3.05, 3.63) is 54.6 Å². The number of carbonyl (C=O) groups is 1. The van der Waals surface area contributed by atoms with E-state index in [0.717, 1.165) is 16.5 Å². The van der Waals surface area contributed by atoms with Crippen LogP contribution in [0.25, 0.3) is 10.8 Å². The number of benzene rings is 3. The summed E-state index contributed by atoms with van der Waals surface area (Å²) in [5, 5.41) is 4.90. The molecular weight excluding hydrogens is 358 g/mol. The van der Waals surface area contributed by atoms with Crippen LogP contribution in [0, 0.1) is 0 Å². The first-order chi connectivity index (χ1) is 13.6. The molecule has 144 valence electrons. The van der Waals surface area contributed by atoms with E-state index in [2.05, 4.69) is 5.32 Å². The average molecular weight is 379 g/mol. The first-order valence-corrected chi connectivity index (χ1v) is 9.07. The van der Waals surface area contributed by atoms with E-state index in [4.69, 9.17) is 18.9 Å². The van der Waals surface area contributed by atoms with E-state index in [1.165, 1.54) is 0 Å². The monoisotopic (exact) mass is 379 g/mol. The zero-order valence-corrected chi connectivity index (χ0v) is 15.7. The zero-order valence-electron chi connectivity index (χ0n) is 15.7. The molecule has 0 bridgehead atoms. The molecule has 6 heteroatoms. The highest BCUT2D eigenvalue weighted by molar-refractivity contribution is 5.94. The maximum atomic E-state index is 12.5. The fourth-order valence-corrected chi connectivity index (χ4v) is 3.03. The molecule has 28 heavy (non-hydrogen) atoms. The summed E-state index contributed by atoms with van der Waals surface area (Å²) in [4.78, 5) is 12.5. The van der Waals surface area contributed by atoms with Crippen molar-refractivity contribution < 1.29 is 23.7 Å². The summed E-state index contributed by atoms with van der Waals surface area (Å²) < 4.78 is 22.1. The third-order valence-corrected chi connectivity index (χ3v) is 4.51. The van der Waals surface area contributed by atoms with Gasteiger partial charge in [-0.3, -0.25) is 4.79 Å². The van der Waals surface area contributed by atoms with E-state index in [0.29, 0.717) is 36.1 Å². The summed E-state index contributed by atoms with van der Waals surface area (Å²) in [6, 6.07) is 16.8. The molecular formula is C22H21NO5. The van der Waals surface area contributed by atoms with Crippen LogP contribution in [0.4, 0.5) is 5.69 Å². The molecule has 1 atom stereocenters. The van der Waals surface area contributed by atoms with Crippen molar-refractivity contribution in [1.82, 2.24) is 0 Å². The van der Waals surface area contributed by atoms with Crippen LogP contribution >= 0.6 is 0 Å². The highest BCUT2D eigenvalue weighted by Crippen LogP contribution is 2.32. The topological polar surface area (TPSA) is 66.0 Å². The van der Waals surface area contributed by atoms with E-state index in [1.54, 1.807) is 32.2 Å². The van der Waals surface area contributed by atoms with Crippen LogP contribution in [-0.4, -0.2) is 32.3 Å². The van der Waals surface area contributed by atoms with Gasteiger partial charge < -0.3 is 24.3 Å². The molecule has 1 heterocycles. The minimum atomic E-state index is -0.670. The number of hydrogen-bond donors (Lipinski definition) is 1. The number of amides is 1. The molecule has 1 aliphatic heterocycles. The molecule has 4 rings (SSSR count). The van der Waals surface area contributed by atoms with E-state index in [9.17, 15) is 4.79 Å². The van der Waals surface area contributed by atoms with Crippen molar-refractivity contribution in [3.8, 4) is 23.0 Å². The zero-order chi connectivity index (χ0) is 19.5. The molecule has 1 amide bonds. The normalized spacial score (nSPS) is 13.6. The molecule has 0 aromatic heterocycles. The first kappa shape index (κ1) is 18.0. The minimum Gasteiger partial charge on any atom is -0.497 e. The highest BCUT2D eigenvalue weighted by atomic mass is 16.6. The Morgan fingerprint density at radius 3 is 2.43 bits per heavy atom. The fraction of sp³-hybridized carbons (Fsp3) is 0.227. The lowest BCUT2D eigenvalue weighted by Crippen LogP contribution is -2.30. The van der Waals surface area contributed by atoms with E-state index in [-0.39, 0.29) is 5.91 Å². The molecule has 0 radical (unpaired) electrons. The molecule has 0 saturated carbocycles. The van der Waals surface area contributed by atoms with Gasteiger partial charge in [-0.25, -0.2) is 0 Å². The Morgan fingerprint density at radius 1 is 0.929 bits per heavy atom. The van der Waals surface area contributed by atoms with Gasteiger partial charge in [0.05, 0.1) is 7.11 Å². The Kier molecular flexibility index (Phi) is 4.93. The Bertz CT molecular complexity index is 1020. The van der Waals surface area contributed by atoms with Gasteiger partial charge >= 0.3 is 0 Å². The largest absolute Gasteiger partial charge is 0.497 e. The molecule has 3 aromatic rings. The number of nitrogens with one attached hydrogen (secondary N) is 1. The molecule has 1 N–H and O–H groups in total. The second-order valence-electron chi connectivity index (χ2n) is 6.48. The summed E-state index contributed by atoms with van der Waals surface area (Å²) in [7, 11) is 1.63. The van der Waals surface area contributed by atoms with Crippen molar-refractivity contribution in [3.63, 3.8) is 0 Å². The Morgan fingerprint density at radius 2 is 1.64 bits per heavy atom. The van der Waals surface area contributed by atoms with Gasteiger partial charge in [0.1, 0.15) is 24.7 Å². The molecule has 0 aliphatic carbocycles. The maximum absolute atomic E-state index is 12.5. The summed E-state index contributed by atoms with van der Waals surface area (Å²) in [5.41, 5.74) is 0.632. The van der Waals surface area contributed by atoms with Gasteiger partial charge in [0.2, 0.25) is 0 Å². The molecule has 3 aromatic carbocycles. The standard InChI is InChI=1S/C22H21NO5/c1-14(22(24)23-17-5-8-20-21(13-17)27-10-9-26-20)28-19-7-4-15-3-6-18(25-2)11-16(15)12-19/h3-8,11-14H,9-10H2,1-2H3,(H,23,24)/t14-/m1/s1. The first-order valence-electron chi connectivity index (χ1n) is 9.07. The maximum Gasteiger partial charge on any atom is 0.265 e. The smallest absolute Gasteiger partial charge is 0.265 e. The van der Waals surface area contributed by atoms with Gasteiger partial charge in [-0.15, -0.1) is 0 Å². The van der Waals surface area contributed by atoms with Crippen LogP contribution in [0.5, 0.6) is 23.0 Å². The minimum absolute atomic E-state index is 0.248. The van der Waals surface area contributed by atoms with Crippen LogP contribution in [-0.2, 0) is 4.79 Å². The van der Waals surface area contributed by atoms with Crippen molar-refractivity contribution in [2.75, 3.05) is 25.6 Å². The number of methoxy groups -OCH3 is 1. The molecule has 0 unspecified atom stereocenters. The van der Waals surface area contributed by atoms with Crippen LogP contribution < -0.4 is 24.3 Å². The van der Waals surface area contributed by atoms with E-state index in [1.807, 2.05) is 36.4 Å². The van der Waals surface area contributed by atoms with Crippen LogP contribution in [0.15, 0.2) is 54.6 Å². The van der Waals surface area contributed by atoms with Crippen LogP contribution in [0.1, 0.15) is 6.92 Å². The fourth-order valence-electron chi connectivity index (χ4n) is 3.03. The van der Waals surface area contributed by atoms with Crippen molar-refractivity contribution in [2.45, 2.75) is 13.0 Å². The molecule has 0 spiro atoms. The Hall–Kier alpha value is -3.41. The van der Waals surface area contributed by atoms with Crippen molar-refractivity contribution in [2.24, 2.45) is 0 Å². The molecule has 0 saturated heterocycles. The number of anilines is 1. The van der Waals surface area contributed by atoms with Gasteiger partial charge in [0, 0.05) is 11.8 Å². The van der Waals surface area contributed by atoms with Crippen molar-refractivity contribution in [1.29, 1.82) is 0 Å². The van der Waals surface area contributed by atoms with Crippen molar-refractivity contribution >= 4 is 22.4 Å². The number of hydrogen-bond acceptors (Lipinski definition) is 5. The lowest BCUT2D eigenvalue weighted by molar-refractivity contribution is -0.122. The highest BCUT2D eigenvalue weighted by Gasteiger charge is 2.17. The summed E-state index contributed by atoms with van der Waals surface area (Å²) >= 11 is 0. The van der Waals surface area contributed by atoms with E-state index < -0.39 is 6.10 Å². The number of ether oxygens (including phenoxy) is 4. The average Bonchev–Trinajstić information content (AvgIpc) is 2.73. The summed E-state index contributed by atoms with van der Waals surface area (Å²) in [5.74, 6) is 2.45. The number of carbonyl (C=O) groups excluding carboxylic acids is 1. The summed E-state index contributed by atoms with van der Waals surface area (Å²) in [6.45, 7) is 2.74. The van der Waals surface area contributed by atoms with E-state index >= 15 is 0 Å². The van der Waals surface area contributed by atoms with Gasteiger partial charge in [0.25, 0.3) is 5.91 Å². The summed E-state index contributed by atoms with van der Waals surface area (Å²) in [6.07, 6.45) is -0.670. The van der Waals surface area contributed by atoms with Gasteiger partial charge in [0.15, 0.2) is 17.6 Å². The molecule has 6 nitrogen and oxygen atoms in total. The van der Waals surface area contributed by atoms with Gasteiger partial charge in [-0.1, -0.05) is 12.1 Å². The second kappa shape index (κ2) is 7.68. The Balaban J connectivity index is 1.45.